The molecule has 0 aliphatic carbocycles. The lowest BCUT2D eigenvalue weighted by Crippen LogP contribution is -2.36. The van der Waals surface area contributed by atoms with Crippen LogP contribution in [0.25, 0.3) is 0 Å². The minimum absolute atomic E-state index is 0.584. The lowest BCUT2D eigenvalue weighted by Gasteiger charge is -2.17. The lowest BCUT2D eigenvalue weighted by molar-refractivity contribution is 0.490. The van der Waals surface area contributed by atoms with E-state index in [0.717, 1.165) is 19.5 Å². The molecule has 0 aromatic carbocycles. The highest BCUT2D eigenvalue weighted by Gasteiger charge is 2.04. The molecule has 2 N–H and O–H groups in total. The van der Waals surface area contributed by atoms with Crippen molar-refractivity contribution in [3.63, 3.8) is 0 Å². The predicted molar refractivity (Wildman–Crippen MR) is 71.4 cm³/mol. The first-order valence-corrected chi connectivity index (χ1v) is 6.70. The molecule has 0 radical (unpaired) electrons. The zero-order valence-electron chi connectivity index (χ0n) is 10.5. The highest BCUT2D eigenvalue weighted by atomic mass is 15.0. The molecule has 16 heavy (non-hydrogen) atoms. The number of hydrogen-bond donors (Lipinski definition) is 2. The van der Waals surface area contributed by atoms with Gasteiger partial charge in [-0.05, 0) is 38.4 Å². The van der Waals surface area contributed by atoms with E-state index in [-0.39, 0.29) is 0 Å². The third-order valence-electron chi connectivity index (χ3n) is 2.92. The highest BCUT2D eigenvalue weighted by molar-refractivity contribution is 4.96. The van der Waals surface area contributed by atoms with Crippen molar-refractivity contribution in [3.8, 4) is 0 Å². The molecule has 1 rings (SSSR count). The van der Waals surface area contributed by atoms with E-state index in [1.807, 2.05) is 0 Å². The molecule has 1 unspecified atom stereocenters. The van der Waals surface area contributed by atoms with E-state index in [9.17, 15) is 0 Å². The van der Waals surface area contributed by atoms with Crippen molar-refractivity contribution in [2.45, 2.75) is 51.5 Å². The summed E-state index contributed by atoms with van der Waals surface area (Å²) >= 11 is 0. The number of unbranched alkanes of at least 4 members (excludes halogenated alkanes) is 2. The number of hydrogen-bond acceptors (Lipinski definition) is 2. The molecule has 92 valence electrons. The molecular weight excluding hydrogens is 196 g/mol. The van der Waals surface area contributed by atoms with E-state index in [1.165, 1.54) is 32.1 Å². The molecule has 1 atom stereocenters. The Morgan fingerprint density at radius 2 is 2.19 bits per heavy atom. The molecule has 0 saturated carbocycles. The fourth-order valence-electron chi connectivity index (χ4n) is 1.88. The van der Waals surface area contributed by atoms with Gasteiger partial charge in [0.25, 0.3) is 0 Å². The van der Waals surface area contributed by atoms with E-state index >= 15 is 0 Å². The Bertz CT molecular complexity index is 209. The van der Waals surface area contributed by atoms with Crippen molar-refractivity contribution >= 4 is 0 Å². The second-order valence-corrected chi connectivity index (χ2v) is 4.46. The lowest BCUT2D eigenvalue weighted by atomic mass is 10.1. The van der Waals surface area contributed by atoms with Gasteiger partial charge in [0.15, 0.2) is 0 Å². The SMILES string of the molecule is CCCCCNCC1CCC=CC/C=C\N1. The largest absolute Gasteiger partial charge is 0.387 e. The Labute approximate surface area is 100 Å². The third kappa shape index (κ3) is 6.67. The maximum atomic E-state index is 3.54. The highest BCUT2D eigenvalue weighted by Crippen LogP contribution is 2.02. The van der Waals surface area contributed by atoms with Gasteiger partial charge in [0.05, 0.1) is 0 Å². The summed E-state index contributed by atoms with van der Waals surface area (Å²) in [4.78, 5) is 0. The second kappa shape index (κ2) is 9.46. The molecule has 2 heteroatoms. The number of nitrogens with one attached hydrogen (secondary N) is 2. The first-order chi connectivity index (χ1) is 7.93. The summed E-state index contributed by atoms with van der Waals surface area (Å²) in [5, 5.41) is 7.01. The van der Waals surface area contributed by atoms with Crippen molar-refractivity contribution in [1.29, 1.82) is 0 Å². The van der Waals surface area contributed by atoms with E-state index in [4.69, 9.17) is 0 Å². The van der Waals surface area contributed by atoms with Crippen LogP contribution in [-0.4, -0.2) is 19.1 Å². The van der Waals surface area contributed by atoms with Crippen LogP contribution in [0.1, 0.15) is 45.4 Å². The van der Waals surface area contributed by atoms with E-state index in [2.05, 4.69) is 42.0 Å². The third-order valence-corrected chi connectivity index (χ3v) is 2.92. The van der Waals surface area contributed by atoms with E-state index < -0.39 is 0 Å². The minimum atomic E-state index is 0.584. The average Bonchev–Trinajstić information content (AvgIpc) is 2.42. The fourth-order valence-corrected chi connectivity index (χ4v) is 1.88. The molecule has 0 aromatic rings. The van der Waals surface area contributed by atoms with Gasteiger partial charge in [-0.1, -0.05) is 38.0 Å². The van der Waals surface area contributed by atoms with Crippen LogP contribution >= 0.6 is 0 Å². The normalized spacial score (nSPS) is 22.9. The zero-order valence-corrected chi connectivity index (χ0v) is 10.5. The van der Waals surface area contributed by atoms with Crippen molar-refractivity contribution in [2.24, 2.45) is 0 Å². The molecule has 0 aromatic heterocycles. The summed E-state index contributed by atoms with van der Waals surface area (Å²) < 4.78 is 0. The summed E-state index contributed by atoms with van der Waals surface area (Å²) in [7, 11) is 0. The molecule has 0 spiro atoms. The number of allylic oxidation sites excluding steroid dienone is 3. The summed E-state index contributed by atoms with van der Waals surface area (Å²) in [6, 6.07) is 0.584. The van der Waals surface area contributed by atoms with Crippen LogP contribution in [0, 0.1) is 0 Å². The van der Waals surface area contributed by atoms with E-state index in [0.29, 0.717) is 6.04 Å². The fraction of sp³-hybridized carbons (Fsp3) is 0.714. The van der Waals surface area contributed by atoms with Gasteiger partial charge in [0.2, 0.25) is 0 Å². The standard InChI is InChI=1S/C14H26N2/c1-2-3-8-11-15-13-14-10-7-5-4-6-9-12-16-14/h4-5,9,12,14-16H,2-3,6-8,10-11,13H2,1H3/b5-4?,12-9-. The van der Waals surface area contributed by atoms with Gasteiger partial charge in [0, 0.05) is 12.6 Å². The van der Waals surface area contributed by atoms with Crippen LogP contribution in [0.4, 0.5) is 0 Å². The van der Waals surface area contributed by atoms with Crippen LogP contribution in [0.2, 0.25) is 0 Å². The van der Waals surface area contributed by atoms with Gasteiger partial charge in [-0.15, -0.1) is 0 Å². The van der Waals surface area contributed by atoms with Crippen LogP contribution < -0.4 is 10.6 Å². The van der Waals surface area contributed by atoms with Crippen molar-refractivity contribution < 1.29 is 0 Å². The Hall–Kier alpha value is -0.760. The maximum Gasteiger partial charge on any atom is 0.0383 e. The maximum absolute atomic E-state index is 3.54. The number of rotatable bonds is 6. The molecule has 2 nitrogen and oxygen atoms in total. The van der Waals surface area contributed by atoms with Gasteiger partial charge < -0.3 is 10.6 Å². The quantitative estimate of drug-likeness (QED) is 0.533. The molecule has 0 bridgehead atoms. The van der Waals surface area contributed by atoms with Crippen LogP contribution in [0.5, 0.6) is 0 Å². The molecule has 0 amide bonds. The Morgan fingerprint density at radius 1 is 1.25 bits per heavy atom. The predicted octanol–water partition coefficient (Wildman–Crippen LogP) is 2.98. The first-order valence-electron chi connectivity index (χ1n) is 6.70. The molecular formula is C14H26N2. The summed E-state index contributed by atoms with van der Waals surface area (Å²) in [6.07, 6.45) is 16.3. The monoisotopic (exact) mass is 222 g/mol. The van der Waals surface area contributed by atoms with Crippen molar-refractivity contribution in [3.05, 3.63) is 24.4 Å². The molecule has 0 saturated heterocycles. The van der Waals surface area contributed by atoms with Gasteiger partial charge in [-0.2, -0.15) is 0 Å². The summed E-state index contributed by atoms with van der Waals surface area (Å²) in [6.45, 7) is 4.49. The molecule has 1 heterocycles. The average molecular weight is 222 g/mol. The summed E-state index contributed by atoms with van der Waals surface area (Å²) in [5.41, 5.74) is 0. The van der Waals surface area contributed by atoms with Gasteiger partial charge in [-0.25, -0.2) is 0 Å². The molecule has 0 fully saturated rings. The van der Waals surface area contributed by atoms with E-state index in [1.54, 1.807) is 0 Å². The van der Waals surface area contributed by atoms with Crippen molar-refractivity contribution in [1.82, 2.24) is 10.6 Å². The van der Waals surface area contributed by atoms with Gasteiger partial charge in [-0.3, -0.25) is 0 Å². The smallest absolute Gasteiger partial charge is 0.0383 e. The second-order valence-electron chi connectivity index (χ2n) is 4.46. The van der Waals surface area contributed by atoms with Gasteiger partial charge in [0.1, 0.15) is 0 Å². The molecule has 1 aliphatic rings. The Kier molecular flexibility index (Phi) is 7.87. The van der Waals surface area contributed by atoms with Gasteiger partial charge >= 0.3 is 0 Å². The zero-order chi connectivity index (χ0) is 11.5. The Morgan fingerprint density at radius 3 is 3.06 bits per heavy atom. The summed E-state index contributed by atoms with van der Waals surface area (Å²) in [5.74, 6) is 0. The molecule has 1 aliphatic heterocycles. The Balaban J connectivity index is 2.11. The topological polar surface area (TPSA) is 24.1 Å². The van der Waals surface area contributed by atoms with Crippen LogP contribution in [0.3, 0.4) is 0 Å². The first kappa shape index (κ1) is 13.3. The minimum Gasteiger partial charge on any atom is -0.387 e. The van der Waals surface area contributed by atoms with Crippen LogP contribution in [-0.2, 0) is 0 Å². The van der Waals surface area contributed by atoms with Crippen LogP contribution in [0.15, 0.2) is 24.4 Å². The van der Waals surface area contributed by atoms with Crippen molar-refractivity contribution in [2.75, 3.05) is 13.1 Å².